The number of aliphatic imine (C=N–C) groups is 1. The van der Waals surface area contributed by atoms with Gasteiger partial charge in [-0.3, -0.25) is 0 Å². The Balaban J connectivity index is 1.81. The van der Waals surface area contributed by atoms with Gasteiger partial charge in [0.1, 0.15) is 12.0 Å². The van der Waals surface area contributed by atoms with Crippen LogP contribution in [0.1, 0.15) is 17.3 Å². The summed E-state index contributed by atoms with van der Waals surface area (Å²) in [5.74, 6) is 0.981. The predicted octanol–water partition coefficient (Wildman–Crippen LogP) is 2.74. The van der Waals surface area contributed by atoms with Crippen LogP contribution < -0.4 is 5.32 Å². The monoisotopic (exact) mass is 208 g/mol. The zero-order valence-electron chi connectivity index (χ0n) is 8.80. The van der Waals surface area contributed by atoms with Gasteiger partial charge in [0.05, 0.1) is 0 Å². The van der Waals surface area contributed by atoms with Crippen molar-refractivity contribution in [2.24, 2.45) is 4.99 Å². The van der Waals surface area contributed by atoms with E-state index in [4.69, 9.17) is 0 Å². The highest BCUT2D eigenvalue weighted by Gasteiger charge is 2.21. The Kier molecular flexibility index (Phi) is 2.18. The minimum Gasteiger partial charge on any atom is -0.344 e. The Labute approximate surface area is 94.7 Å². The largest absolute Gasteiger partial charge is 0.344 e. The molecule has 0 aliphatic carbocycles. The molecule has 16 heavy (non-hydrogen) atoms. The van der Waals surface area contributed by atoms with Crippen molar-refractivity contribution >= 4 is 5.84 Å². The fourth-order valence-electron chi connectivity index (χ4n) is 1.81. The molecule has 0 amide bonds. The highest BCUT2D eigenvalue weighted by atomic mass is 15.2. The molecule has 0 aromatic heterocycles. The smallest absolute Gasteiger partial charge is 0.148 e. The number of amidine groups is 1. The summed E-state index contributed by atoms with van der Waals surface area (Å²) in [4.78, 5) is 4.57. The molecule has 2 aromatic carbocycles. The maximum absolute atomic E-state index is 4.57. The van der Waals surface area contributed by atoms with Crippen LogP contribution in [0.5, 0.6) is 0 Å². The van der Waals surface area contributed by atoms with Crippen LogP contribution in [0.15, 0.2) is 65.7 Å². The number of hydrogen-bond acceptors (Lipinski definition) is 2. The minimum absolute atomic E-state index is 0.122. The number of nitrogens with one attached hydrogen (secondary N) is 1. The number of hydrogen-bond donors (Lipinski definition) is 1. The molecule has 1 heterocycles. The molecule has 1 N–H and O–H groups in total. The van der Waals surface area contributed by atoms with Gasteiger partial charge in [-0.25, -0.2) is 4.99 Å². The van der Waals surface area contributed by atoms with E-state index in [0.29, 0.717) is 0 Å². The molecule has 2 aromatic rings. The highest BCUT2D eigenvalue weighted by Crippen LogP contribution is 2.22. The van der Waals surface area contributed by atoms with Gasteiger partial charge in [0.25, 0.3) is 0 Å². The lowest BCUT2D eigenvalue weighted by Crippen LogP contribution is -2.38. The third kappa shape index (κ3) is 1.58. The normalized spacial score (nSPS) is 18.2. The molecule has 3 rings (SSSR count). The summed E-state index contributed by atoms with van der Waals surface area (Å²) >= 11 is 0. The Hall–Kier alpha value is -2.09. The van der Waals surface area contributed by atoms with Crippen LogP contribution in [0.3, 0.4) is 0 Å². The molecule has 0 saturated carbocycles. The van der Waals surface area contributed by atoms with Crippen molar-refractivity contribution in [3.63, 3.8) is 0 Å². The van der Waals surface area contributed by atoms with E-state index >= 15 is 0 Å². The van der Waals surface area contributed by atoms with Crippen LogP contribution in [0.4, 0.5) is 0 Å². The summed E-state index contributed by atoms with van der Waals surface area (Å²) in [7, 11) is 0. The predicted molar refractivity (Wildman–Crippen MR) is 65.3 cm³/mol. The first-order chi connectivity index (χ1) is 7.93. The van der Waals surface area contributed by atoms with Crippen LogP contribution in [-0.2, 0) is 0 Å². The van der Waals surface area contributed by atoms with Crippen molar-refractivity contribution in [1.82, 2.24) is 5.32 Å². The third-order valence-corrected chi connectivity index (χ3v) is 2.69. The Morgan fingerprint density at radius 1 is 0.812 bits per heavy atom. The van der Waals surface area contributed by atoms with Gasteiger partial charge in [-0.05, 0) is 5.56 Å². The van der Waals surface area contributed by atoms with Crippen LogP contribution in [0, 0.1) is 0 Å². The molecule has 2 nitrogen and oxygen atoms in total. The lowest BCUT2D eigenvalue weighted by atomic mass is 10.1. The fourth-order valence-corrected chi connectivity index (χ4v) is 1.81. The molecule has 2 heteroatoms. The standard InChI is InChI=1S/C14H12N2/c1-3-7-11(8-4-1)13-15-14(16-13)12-9-5-2-6-10-12/h1-10,13H,(H,15,16). The molecule has 0 spiro atoms. The van der Waals surface area contributed by atoms with Gasteiger partial charge in [-0.2, -0.15) is 0 Å². The van der Waals surface area contributed by atoms with Crippen molar-refractivity contribution in [2.75, 3.05) is 0 Å². The lowest BCUT2D eigenvalue weighted by molar-refractivity contribution is 0.616. The molecule has 0 fully saturated rings. The summed E-state index contributed by atoms with van der Waals surface area (Å²) in [5, 5.41) is 3.36. The summed E-state index contributed by atoms with van der Waals surface area (Å²) in [6, 6.07) is 20.4. The molecule has 0 radical (unpaired) electrons. The first kappa shape index (κ1) is 9.16. The second kappa shape index (κ2) is 3.81. The first-order valence-electron chi connectivity index (χ1n) is 5.38. The Morgan fingerprint density at radius 2 is 1.38 bits per heavy atom. The van der Waals surface area contributed by atoms with E-state index in [-0.39, 0.29) is 6.17 Å². The van der Waals surface area contributed by atoms with E-state index in [0.717, 1.165) is 11.4 Å². The number of rotatable bonds is 2. The third-order valence-electron chi connectivity index (χ3n) is 2.69. The van der Waals surface area contributed by atoms with Crippen molar-refractivity contribution in [1.29, 1.82) is 0 Å². The van der Waals surface area contributed by atoms with Gasteiger partial charge >= 0.3 is 0 Å². The van der Waals surface area contributed by atoms with E-state index in [1.165, 1.54) is 5.56 Å². The van der Waals surface area contributed by atoms with Gasteiger partial charge in [0.15, 0.2) is 0 Å². The van der Waals surface area contributed by atoms with Crippen LogP contribution in [0.25, 0.3) is 0 Å². The number of nitrogens with zero attached hydrogens (tertiary/aromatic N) is 1. The average Bonchev–Trinajstić information content (AvgIpc) is 2.30. The van der Waals surface area contributed by atoms with E-state index < -0.39 is 0 Å². The summed E-state index contributed by atoms with van der Waals surface area (Å²) in [6.45, 7) is 0. The summed E-state index contributed by atoms with van der Waals surface area (Å²) in [5.41, 5.74) is 2.36. The molecule has 1 aliphatic rings. The molecule has 1 unspecified atom stereocenters. The number of benzene rings is 2. The molecule has 0 bridgehead atoms. The Bertz CT molecular complexity index is 503. The van der Waals surface area contributed by atoms with Gasteiger partial charge < -0.3 is 5.32 Å². The first-order valence-corrected chi connectivity index (χ1v) is 5.38. The summed E-state index contributed by atoms with van der Waals surface area (Å²) < 4.78 is 0. The molecule has 78 valence electrons. The Morgan fingerprint density at radius 3 is 2.00 bits per heavy atom. The lowest BCUT2D eigenvalue weighted by Gasteiger charge is -2.27. The second-order valence-corrected chi connectivity index (χ2v) is 3.80. The second-order valence-electron chi connectivity index (χ2n) is 3.80. The SMILES string of the molecule is c1ccc(C2=NC(c3ccccc3)N2)cc1. The quantitative estimate of drug-likeness (QED) is 0.806. The zero-order valence-corrected chi connectivity index (χ0v) is 8.80. The average molecular weight is 208 g/mol. The molecule has 1 aliphatic heterocycles. The van der Waals surface area contributed by atoms with Gasteiger partial charge in [0, 0.05) is 5.56 Å². The zero-order chi connectivity index (χ0) is 10.8. The highest BCUT2D eigenvalue weighted by molar-refractivity contribution is 6.01. The van der Waals surface area contributed by atoms with Crippen LogP contribution >= 0.6 is 0 Å². The topological polar surface area (TPSA) is 24.4 Å². The maximum atomic E-state index is 4.57. The molecular formula is C14H12N2. The van der Waals surface area contributed by atoms with Gasteiger partial charge in [-0.1, -0.05) is 60.7 Å². The van der Waals surface area contributed by atoms with Crippen molar-refractivity contribution in [3.05, 3.63) is 71.8 Å². The minimum atomic E-state index is 0.122. The molecule has 1 atom stereocenters. The van der Waals surface area contributed by atoms with E-state index in [2.05, 4.69) is 34.6 Å². The van der Waals surface area contributed by atoms with Crippen molar-refractivity contribution in [2.45, 2.75) is 6.17 Å². The van der Waals surface area contributed by atoms with E-state index in [1.807, 2.05) is 36.4 Å². The van der Waals surface area contributed by atoms with Crippen molar-refractivity contribution < 1.29 is 0 Å². The van der Waals surface area contributed by atoms with E-state index in [1.54, 1.807) is 0 Å². The maximum Gasteiger partial charge on any atom is 0.148 e. The van der Waals surface area contributed by atoms with Crippen molar-refractivity contribution in [3.8, 4) is 0 Å². The van der Waals surface area contributed by atoms with Gasteiger partial charge in [0.2, 0.25) is 0 Å². The fraction of sp³-hybridized carbons (Fsp3) is 0.0714. The summed E-state index contributed by atoms with van der Waals surface area (Å²) in [6.07, 6.45) is 0.122. The van der Waals surface area contributed by atoms with Crippen LogP contribution in [0.2, 0.25) is 0 Å². The van der Waals surface area contributed by atoms with Crippen LogP contribution in [-0.4, -0.2) is 5.84 Å². The molecule has 0 saturated heterocycles. The van der Waals surface area contributed by atoms with Gasteiger partial charge in [-0.15, -0.1) is 0 Å². The van der Waals surface area contributed by atoms with E-state index in [9.17, 15) is 0 Å². The molecular weight excluding hydrogens is 196 g/mol.